The van der Waals surface area contributed by atoms with Crippen molar-refractivity contribution in [3.05, 3.63) is 12.2 Å². The van der Waals surface area contributed by atoms with Gasteiger partial charge in [0.25, 0.3) is 0 Å². The van der Waals surface area contributed by atoms with Gasteiger partial charge in [-0.1, -0.05) is 116 Å². The third-order valence-electron chi connectivity index (χ3n) is 5.77. The van der Waals surface area contributed by atoms with Gasteiger partial charge in [0.2, 0.25) is 5.91 Å². The summed E-state index contributed by atoms with van der Waals surface area (Å²) < 4.78 is 0. The molecule has 0 aliphatic heterocycles. The Morgan fingerprint density at radius 1 is 0.767 bits per heavy atom. The number of rotatable bonds is 22. The van der Waals surface area contributed by atoms with Crippen LogP contribution in [0.15, 0.2) is 12.2 Å². The zero-order chi connectivity index (χ0) is 22.3. The van der Waals surface area contributed by atoms with Crippen LogP contribution in [0.4, 0.5) is 0 Å². The van der Waals surface area contributed by atoms with E-state index in [1.165, 1.54) is 77.0 Å². The van der Waals surface area contributed by atoms with Crippen molar-refractivity contribution >= 4 is 5.91 Å². The molecular formula is C26H51NO3. The van der Waals surface area contributed by atoms with Crippen LogP contribution in [0.3, 0.4) is 0 Å². The van der Waals surface area contributed by atoms with E-state index in [9.17, 15) is 15.0 Å². The fourth-order valence-corrected chi connectivity index (χ4v) is 3.70. The number of allylic oxidation sites excluding steroid dienone is 1. The van der Waals surface area contributed by atoms with E-state index in [0.717, 1.165) is 32.1 Å². The monoisotopic (exact) mass is 425 g/mol. The molecule has 3 N–H and O–H groups in total. The predicted molar refractivity (Wildman–Crippen MR) is 129 cm³/mol. The molecule has 0 aliphatic carbocycles. The van der Waals surface area contributed by atoms with Crippen LogP contribution in [-0.4, -0.2) is 34.9 Å². The number of unbranched alkanes of at least 4 members (excludes halogenated alkanes) is 15. The summed E-state index contributed by atoms with van der Waals surface area (Å²) >= 11 is 0. The normalized spacial score (nSPS) is 13.6. The average Bonchev–Trinajstić information content (AvgIpc) is 2.75. The minimum atomic E-state index is -0.827. The van der Waals surface area contributed by atoms with Gasteiger partial charge < -0.3 is 15.5 Å². The zero-order valence-corrected chi connectivity index (χ0v) is 20.0. The van der Waals surface area contributed by atoms with E-state index in [4.69, 9.17) is 0 Å². The van der Waals surface area contributed by atoms with Crippen LogP contribution in [0.1, 0.15) is 129 Å². The number of nitrogens with one attached hydrogen (secondary N) is 1. The van der Waals surface area contributed by atoms with Crippen LogP contribution in [0.2, 0.25) is 0 Å². The van der Waals surface area contributed by atoms with Crippen LogP contribution in [0.5, 0.6) is 0 Å². The first-order valence-corrected chi connectivity index (χ1v) is 12.9. The number of hydrogen-bond donors (Lipinski definition) is 3. The fraction of sp³-hybridized carbons (Fsp3) is 0.885. The molecule has 0 aromatic carbocycles. The van der Waals surface area contributed by atoms with Gasteiger partial charge in [-0.15, -0.1) is 0 Å². The van der Waals surface area contributed by atoms with Crippen LogP contribution in [-0.2, 0) is 4.79 Å². The molecule has 4 nitrogen and oxygen atoms in total. The molecule has 178 valence electrons. The van der Waals surface area contributed by atoms with E-state index in [1.54, 1.807) is 6.08 Å². The van der Waals surface area contributed by atoms with Gasteiger partial charge in [0.05, 0.1) is 18.8 Å². The van der Waals surface area contributed by atoms with Gasteiger partial charge in [0.1, 0.15) is 0 Å². The lowest BCUT2D eigenvalue weighted by atomic mass is 10.0. The Labute approximate surface area is 186 Å². The summed E-state index contributed by atoms with van der Waals surface area (Å²) in [6.07, 6.45) is 24.4. The maximum absolute atomic E-state index is 12.0. The van der Waals surface area contributed by atoms with Gasteiger partial charge in [-0.25, -0.2) is 0 Å². The Bertz CT molecular complexity index is 398. The van der Waals surface area contributed by atoms with Crippen LogP contribution in [0.25, 0.3) is 0 Å². The highest BCUT2D eigenvalue weighted by atomic mass is 16.3. The molecule has 0 heterocycles. The number of aliphatic hydroxyl groups is 2. The maximum Gasteiger partial charge on any atom is 0.220 e. The highest BCUT2D eigenvalue weighted by Crippen LogP contribution is 2.12. The van der Waals surface area contributed by atoms with E-state index in [0.29, 0.717) is 6.42 Å². The molecule has 0 aromatic heterocycles. The number of aliphatic hydroxyl groups excluding tert-OH is 2. The van der Waals surface area contributed by atoms with Crippen molar-refractivity contribution in [2.24, 2.45) is 0 Å². The SMILES string of the molecule is CCCCCCCCCCCCC/C=C/[C@@H](O)[C@@H](CO)NC(=O)CCCCCCC. The average molecular weight is 426 g/mol. The van der Waals surface area contributed by atoms with Crippen molar-refractivity contribution in [3.63, 3.8) is 0 Å². The second-order valence-corrected chi connectivity index (χ2v) is 8.76. The van der Waals surface area contributed by atoms with Gasteiger partial charge in [0, 0.05) is 6.42 Å². The van der Waals surface area contributed by atoms with Crippen molar-refractivity contribution in [1.29, 1.82) is 0 Å². The third kappa shape index (κ3) is 19.1. The summed E-state index contributed by atoms with van der Waals surface area (Å²) in [6, 6.07) is -0.610. The first kappa shape index (κ1) is 29.1. The topological polar surface area (TPSA) is 69.6 Å². The summed E-state index contributed by atoms with van der Waals surface area (Å²) in [5, 5.41) is 22.5. The van der Waals surface area contributed by atoms with E-state index in [-0.39, 0.29) is 12.5 Å². The molecule has 2 atom stereocenters. The maximum atomic E-state index is 12.0. The minimum Gasteiger partial charge on any atom is -0.394 e. The molecule has 1 amide bonds. The zero-order valence-electron chi connectivity index (χ0n) is 20.0. The molecule has 0 spiro atoms. The summed E-state index contributed by atoms with van der Waals surface area (Å²) in [7, 11) is 0. The number of amides is 1. The molecule has 0 bridgehead atoms. The molecule has 0 unspecified atom stereocenters. The smallest absolute Gasteiger partial charge is 0.220 e. The summed E-state index contributed by atoms with van der Waals surface area (Å²) in [6.45, 7) is 4.19. The Balaban J connectivity index is 3.69. The largest absolute Gasteiger partial charge is 0.394 e. The Hall–Kier alpha value is -0.870. The van der Waals surface area contributed by atoms with Crippen molar-refractivity contribution in [2.45, 2.75) is 142 Å². The lowest BCUT2D eigenvalue weighted by molar-refractivity contribution is -0.123. The Kier molecular flexibility index (Phi) is 22.1. The van der Waals surface area contributed by atoms with E-state index >= 15 is 0 Å². The van der Waals surface area contributed by atoms with Gasteiger partial charge >= 0.3 is 0 Å². The number of carbonyl (C=O) groups excluding carboxylic acids is 1. The summed E-state index contributed by atoms with van der Waals surface area (Å²) in [4.78, 5) is 12.0. The van der Waals surface area contributed by atoms with Crippen molar-refractivity contribution in [3.8, 4) is 0 Å². The number of carbonyl (C=O) groups is 1. The van der Waals surface area contributed by atoms with Crippen molar-refractivity contribution in [1.82, 2.24) is 5.32 Å². The molecule has 0 aliphatic rings. The van der Waals surface area contributed by atoms with E-state index in [2.05, 4.69) is 19.2 Å². The molecule has 30 heavy (non-hydrogen) atoms. The third-order valence-corrected chi connectivity index (χ3v) is 5.77. The molecule has 0 radical (unpaired) electrons. The summed E-state index contributed by atoms with van der Waals surface area (Å²) in [5.41, 5.74) is 0. The Morgan fingerprint density at radius 2 is 1.23 bits per heavy atom. The van der Waals surface area contributed by atoms with E-state index in [1.807, 2.05) is 6.08 Å². The quantitative estimate of drug-likeness (QED) is 0.138. The predicted octanol–water partition coefficient (Wildman–Crippen LogP) is 6.44. The van der Waals surface area contributed by atoms with Crippen LogP contribution >= 0.6 is 0 Å². The molecule has 0 saturated heterocycles. The fourth-order valence-electron chi connectivity index (χ4n) is 3.70. The Morgan fingerprint density at radius 3 is 1.73 bits per heavy atom. The van der Waals surface area contributed by atoms with Gasteiger partial charge in [-0.05, 0) is 19.3 Å². The molecular weight excluding hydrogens is 374 g/mol. The molecule has 0 saturated carbocycles. The molecule has 4 heteroatoms. The lowest BCUT2D eigenvalue weighted by Gasteiger charge is -2.20. The van der Waals surface area contributed by atoms with E-state index < -0.39 is 12.1 Å². The van der Waals surface area contributed by atoms with Crippen molar-refractivity contribution in [2.75, 3.05) is 6.61 Å². The van der Waals surface area contributed by atoms with Crippen LogP contribution in [0, 0.1) is 0 Å². The first-order chi connectivity index (χ1) is 14.7. The highest BCUT2D eigenvalue weighted by Gasteiger charge is 2.17. The first-order valence-electron chi connectivity index (χ1n) is 12.9. The minimum absolute atomic E-state index is 0.0802. The summed E-state index contributed by atoms with van der Waals surface area (Å²) in [5.74, 6) is -0.0802. The highest BCUT2D eigenvalue weighted by molar-refractivity contribution is 5.76. The van der Waals surface area contributed by atoms with Gasteiger partial charge in [-0.2, -0.15) is 0 Å². The second-order valence-electron chi connectivity index (χ2n) is 8.76. The molecule has 0 aromatic rings. The second kappa shape index (κ2) is 22.8. The van der Waals surface area contributed by atoms with Gasteiger partial charge in [-0.3, -0.25) is 4.79 Å². The van der Waals surface area contributed by atoms with Gasteiger partial charge in [0.15, 0.2) is 0 Å². The van der Waals surface area contributed by atoms with Crippen LogP contribution < -0.4 is 5.32 Å². The molecule has 0 rings (SSSR count). The standard InChI is InChI=1S/C26H51NO3/c1-3-5-7-9-10-11-12-13-14-15-16-18-19-21-25(29)24(23-28)27-26(30)22-20-17-8-6-4-2/h19,21,24-25,28-29H,3-18,20,22-23H2,1-2H3,(H,27,30)/b21-19+/t24-,25-/m1/s1. The van der Waals surface area contributed by atoms with Crippen molar-refractivity contribution < 1.29 is 15.0 Å². The lowest BCUT2D eigenvalue weighted by Crippen LogP contribution is -2.45. The molecule has 0 fully saturated rings. The number of hydrogen-bond acceptors (Lipinski definition) is 3.